The molecule has 1 saturated carbocycles. The van der Waals surface area contributed by atoms with Crippen LogP contribution in [0.1, 0.15) is 65.7 Å². The Balaban J connectivity index is 2.30. The molecule has 0 bridgehead atoms. The van der Waals surface area contributed by atoms with E-state index < -0.39 is 0 Å². The highest BCUT2D eigenvalue weighted by Crippen LogP contribution is 2.25. The largest absolute Gasteiger partial charge is 0.355 e. The Hall–Kier alpha value is -0.570. The summed E-state index contributed by atoms with van der Waals surface area (Å²) in [6, 6.07) is 0.476. The van der Waals surface area contributed by atoms with Crippen molar-refractivity contribution < 1.29 is 4.79 Å². The molecule has 0 spiro atoms. The molecule has 0 aliphatic heterocycles. The van der Waals surface area contributed by atoms with E-state index in [1.807, 2.05) is 6.92 Å². The van der Waals surface area contributed by atoms with Gasteiger partial charge < -0.3 is 10.6 Å². The molecule has 18 heavy (non-hydrogen) atoms. The van der Waals surface area contributed by atoms with Crippen molar-refractivity contribution in [3.8, 4) is 0 Å². The van der Waals surface area contributed by atoms with Gasteiger partial charge in [0.05, 0.1) is 6.04 Å². The van der Waals surface area contributed by atoms with Crippen molar-refractivity contribution >= 4 is 5.91 Å². The van der Waals surface area contributed by atoms with Gasteiger partial charge in [-0.3, -0.25) is 4.79 Å². The maximum Gasteiger partial charge on any atom is 0.236 e. The average molecular weight is 254 g/mol. The molecule has 0 saturated heterocycles. The molecular formula is C15H30N2O. The van der Waals surface area contributed by atoms with E-state index in [1.54, 1.807) is 0 Å². The van der Waals surface area contributed by atoms with E-state index in [1.165, 1.54) is 38.5 Å². The van der Waals surface area contributed by atoms with Gasteiger partial charge in [0.15, 0.2) is 0 Å². The Morgan fingerprint density at radius 3 is 2.67 bits per heavy atom. The van der Waals surface area contributed by atoms with Crippen LogP contribution in [0.4, 0.5) is 0 Å². The van der Waals surface area contributed by atoms with Gasteiger partial charge in [-0.1, -0.05) is 33.1 Å². The third kappa shape index (κ3) is 5.38. The first-order valence-electron chi connectivity index (χ1n) is 7.71. The van der Waals surface area contributed by atoms with Crippen molar-refractivity contribution in [1.29, 1.82) is 0 Å². The third-order valence-electron chi connectivity index (χ3n) is 4.09. The van der Waals surface area contributed by atoms with Crippen LogP contribution in [0.3, 0.4) is 0 Å². The van der Waals surface area contributed by atoms with E-state index in [0.29, 0.717) is 6.04 Å². The molecule has 0 aromatic heterocycles. The zero-order chi connectivity index (χ0) is 13.4. The summed E-state index contributed by atoms with van der Waals surface area (Å²) in [5.74, 6) is 1.05. The van der Waals surface area contributed by atoms with Gasteiger partial charge in [0, 0.05) is 12.6 Å². The first kappa shape index (κ1) is 15.5. The number of rotatable bonds is 6. The molecule has 3 heteroatoms. The maximum atomic E-state index is 11.8. The minimum Gasteiger partial charge on any atom is -0.355 e. The smallest absolute Gasteiger partial charge is 0.236 e. The summed E-state index contributed by atoms with van der Waals surface area (Å²) in [7, 11) is 0. The first-order chi connectivity index (χ1) is 8.67. The lowest BCUT2D eigenvalue weighted by atomic mass is 9.98. The van der Waals surface area contributed by atoms with Gasteiger partial charge in [-0.15, -0.1) is 0 Å². The summed E-state index contributed by atoms with van der Waals surface area (Å²) in [6.45, 7) is 7.13. The Labute approximate surface area is 112 Å². The van der Waals surface area contributed by atoms with E-state index in [0.717, 1.165) is 18.9 Å². The fourth-order valence-corrected chi connectivity index (χ4v) is 2.78. The molecule has 106 valence electrons. The number of hydrogen-bond donors (Lipinski definition) is 2. The van der Waals surface area contributed by atoms with E-state index in [9.17, 15) is 4.79 Å². The van der Waals surface area contributed by atoms with Gasteiger partial charge in [0.2, 0.25) is 5.91 Å². The molecule has 1 aliphatic carbocycles. The second-order valence-corrected chi connectivity index (χ2v) is 5.66. The molecule has 1 aliphatic rings. The minimum absolute atomic E-state index is 0.0558. The van der Waals surface area contributed by atoms with Gasteiger partial charge in [0.25, 0.3) is 0 Å². The molecule has 0 aromatic rings. The molecule has 1 amide bonds. The lowest BCUT2D eigenvalue weighted by molar-refractivity contribution is -0.122. The van der Waals surface area contributed by atoms with Gasteiger partial charge in [-0.05, 0) is 38.5 Å². The SMILES string of the molecule is CCCNC(=O)C(C)NC1CCCC(CC)CC1. The van der Waals surface area contributed by atoms with Crippen LogP contribution in [0, 0.1) is 5.92 Å². The molecule has 1 rings (SSSR count). The number of carbonyl (C=O) groups excluding carboxylic acids is 1. The van der Waals surface area contributed by atoms with Crippen LogP contribution < -0.4 is 10.6 Å². The molecule has 1 fully saturated rings. The highest BCUT2D eigenvalue weighted by Gasteiger charge is 2.21. The van der Waals surface area contributed by atoms with Crippen molar-refractivity contribution in [2.24, 2.45) is 5.92 Å². The van der Waals surface area contributed by atoms with Gasteiger partial charge in [0.1, 0.15) is 0 Å². The predicted molar refractivity (Wildman–Crippen MR) is 76.6 cm³/mol. The summed E-state index contributed by atoms with van der Waals surface area (Å²) in [5.41, 5.74) is 0. The van der Waals surface area contributed by atoms with Gasteiger partial charge >= 0.3 is 0 Å². The monoisotopic (exact) mass is 254 g/mol. The summed E-state index contributed by atoms with van der Waals surface area (Å²) in [6.07, 6.45) is 8.74. The molecule has 0 aromatic carbocycles. The first-order valence-corrected chi connectivity index (χ1v) is 7.71. The lowest BCUT2D eigenvalue weighted by Crippen LogP contribution is -2.46. The van der Waals surface area contributed by atoms with E-state index in [-0.39, 0.29) is 11.9 Å². The zero-order valence-corrected chi connectivity index (χ0v) is 12.3. The minimum atomic E-state index is -0.0558. The Morgan fingerprint density at radius 2 is 2.00 bits per heavy atom. The quantitative estimate of drug-likeness (QED) is 0.716. The van der Waals surface area contributed by atoms with Gasteiger partial charge in [-0.2, -0.15) is 0 Å². The van der Waals surface area contributed by atoms with Crippen LogP contribution in [0.15, 0.2) is 0 Å². The number of nitrogens with one attached hydrogen (secondary N) is 2. The highest BCUT2D eigenvalue weighted by atomic mass is 16.2. The Morgan fingerprint density at radius 1 is 1.22 bits per heavy atom. The topological polar surface area (TPSA) is 41.1 Å². The molecule has 3 nitrogen and oxygen atoms in total. The summed E-state index contributed by atoms with van der Waals surface area (Å²) >= 11 is 0. The molecule has 2 N–H and O–H groups in total. The second kappa shape index (κ2) is 8.52. The molecule has 0 radical (unpaired) electrons. The fourth-order valence-electron chi connectivity index (χ4n) is 2.78. The van der Waals surface area contributed by atoms with Gasteiger partial charge in [-0.25, -0.2) is 0 Å². The predicted octanol–water partition coefficient (Wildman–Crippen LogP) is 2.85. The Kier molecular flexibility index (Phi) is 7.33. The molecule has 3 atom stereocenters. The van der Waals surface area contributed by atoms with Crippen molar-refractivity contribution in [2.75, 3.05) is 6.54 Å². The fraction of sp³-hybridized carbons (Fsp3) is 0.933. The van der Waals surface area contributed by atoms with Crippen LogP contribution in [-0.4, -0.2) is 24.5 Å². The third-order valence-corrected chi connectivity index (χ3v) is 4.09. The van der Waals surface area contributed by atoms with Crippen LogP contribution in [0.25, 0.3) is 0 Å². The summed E-state index contributed by atoms with van der Waals surface area (Å²) in [5, 5.41) is 6.46. The van der Waals surface area contributed by atoms with Crippen molar-refractivity contribution in [1.82, 2.24) is 10.6 Å². The van der Waals surface area contributed by atoms with E-state index in [2.05, 4.69) is 24.5 Å². The number of carbonyl (C=O) groups is 1. The highest BCUT2D eigenvalue weighted by molar-refractivity contribution is 5.81. The Bertz CT molecular complexity index is 243. The van der Waals surface area contributed by atoms with E-state index >= 15 is 0 Å². The number of hydrogen-bond acceptors (Lipinski definition) is 2. The standard InChI is InChI=1S/C15H30N2O/c1-4-11-16-15(18)12(3)17-14-8-6-7-13(5-2)9-10-14/h12-14,17H,4-11H2,1-3H3,(H,16,18). The van der Waals surface area contributed by atoms with Crippen LogP contribution in [-0.2, 0) is 4.79 Å². The van der Waals surface area contributed by atoms with Crippen LogP contribution in [0.5, 0.6) is 0 Å². The second-order valence-electron chi connectivity index (χ2n) is 5.66. The molecule has 0 heterocycles. The number of amides is 1. The normalized spacial score (nSPS) is 26.4. The maximum absolute atomic E-state index is 11.8. The van der Waals surface area contributed by atoms with E-state index in [4.69, 9.17) is 0 Å². The average Bonchev–Trinajstić information content (AvgIpc) is 2.61. The zero-order valence-electron chi connectivity index (χ0n) is 12.3. The van der Waals surface area contributed by atoms with Crippen molar-refractivity contribution in [3.05, 3.63) is 0 Å². The van der Waals surface area contributed by atoms with Crippen molar-refractivity contribution in [3.63, 3.8) is 0 Å². The van der Waals surface area contributed by atoms with Crippen LogP contribution in [0.2, 0.25) is 0 Å². The molecule has 3 unspecified atom stereocenters. The lowest BCUT2D eigenvalue weighted by Gasteiger charge is -2.21. The van der Waals surface area contributed by atoms with Crippen LogP contribution >= 0.6 is 0 Å². The van der Waals surface area contributed by atoms with Crippen molar-refractivity contribution in [2.45, 2.75) is 77.8 Å². The summed E-state index contributed by atoms with van der Waals surface area (Å²) < 4.78 is 0. The molecular weight excluding hydrogens is 224 g/mol. The summed E-state index contributed by atoms with van der Waals surface area (Å²) in [4.78, 5) is 11.8.